The Morgan fingerprint density at radius 1 is 1.31 bits per heavy atom. The Labute approximate surface area is 98.4 Å². The highest BCUT2D eigenvalue weighted by molar-refractivity contribution is 4.92. The molecule has 0 bridgehead atoms. The first-order valence-corrected chi connectivity index (χ1v) is 6.14. The number of aromatic nitrogens is 3. The highest BCUT2D eigenvalue weighted by atomic mass is 15.4. The summed E-state index contributed by atoms with van der Waals surface area (Å²) in [6.45, 7) is 8.95. The van der Waals surface area contributed by atoms with E-state index in [1.54, 1.807) is 4.68 Å². The zero-order chi connectivity index (χ0) is 12.0. The van der Waals surface area contributed by atoms with Crippen molar-refractivity contribution in [2.75, 3.05) is 13.1 Å². The minimum absolute atomic E-state index is 0.695. The van der Waals surface area contributed by atoms with Gasteiger partial charge in [0.15, 0.2) is 0 Å². The van der Waals surface area contributed by atoms with Gasteiger partial charge >= 0.3 is 0 Å². The average Bonchev–Trinajstić information content (AvgIpc) is 2.61. The normalized spacial score (nSPS) is 13.3. The second-order valence-electron chi connectivity index (χ2n) is 5.08. The number of aryl methyl sites for hydroxylation is 2. The fourth-order valence-corrected chi connectivity index (χ4v) is 1.62. The van der Waals surface area contributed by atoms with Crippen LogP contribution in [0.15, 0.2) is 6.20 Å². The molecule has 0 saturated heterocycles. The van der Waals surface area contributed by atoms with Crippen LogP contribution in [0.3, 0.4) is 0 Å². The number of rotatable bonds is 7. The van der Waals surface area contributed by atoms with Gasteiger partial charge in [-0.2, -0.15) is 0 Å². The number of hydrogen-bond donors (Lipinski definition) is 1. The van der Waals surface area contributed by atoms with Gasteiger partial charge in [0.2, 0.25) is 0 Å². The molecule has 0 amide bonds. The molecule has 0 aliphatic carbocycles. The van der Waals surface area contributed by atoms with E-state index in [4.69, 9.17) is 0 Å². The Morgan fingerprint density at radius 3 is 2.62 bits per heavy atom. The van der Waals surface area contributed by atoms with E-state index in [2.05, 4.69) is 36.4 Å². The Balaban J connectivity index is 2.12. The van der Waals surface area contributed by atoms with Crippen molar-refractivity contribution in [2.24, 2.45) is 18.9 Å². The second-order valence-corrected chi connectivity index (χ2v) is 5.08. The Hall–Kier alpha value is -0.900. The molecule has 1 aromatic rings. The first-order valence-electron chi connectivity index (χ1n) is 6.14. The van der Waals surface area contributed by atoms with Crippen molar-refractivity contribution < 1.29 is 0 Å². The molecule has 1 rings (SSSR count). The molecule has 1 heterocycles. The predicted molar refractivity (Wildman–Crippen MR) is 66.2 cm³/mol. The Bertz CT molecular complexity index is 293. The minimum atomic E-state index is 0.695. The summed E-state index contributed by atoms with van der Waals surface area (Å²) in [5, 5.41) is 11.5. The van der Waals surface area contributed by atoms with Gasteiger partial charge in [0.25, 0.3) is 0 Å². The summed E-state index contributed by atoms with van der Waals surface area (Å²) in [7, 11) is 1.91. The van der Waals surface area contributed by atoms with Crippen LogP contribution in [-0.2, 0) is 13.5 Å². The van der Waals surface area contributed by atoms with Crippen molar-refractivity contribution in [2.45, 2.75) is 33.6 Å². The molecule has 0 fully saturated rings. The van der Waals surface area contributed by atoms with Gasteiger partial charge in [0.1, 0.15) is 0 Å². The van der Waals surface area contributed by atoms with Crippen molar-refractivity contribution in [3.8, 4) is 0 Å². The summed E-state index contributed by atoms with van der Waals surface area (Å²) in [6.07, 6.45) is 4.19. The topological polar surface area (TPSA) is 42.7 Å². The van der Waals surface area contributed by atoms with Crippen molar-refractivity contribution in [3.05, 3.63) is 11.9 Å². The molecule has 1 atom stereocenters. The summed E-state index contributed by atoms with van der Waals surface area (Å²) in [6, 6.07) is 0. The van der Waals surface area contributed by atoms with Crippen LogP contribution in [0.1, 0.15) is 32.9 Å². The second kappa shape index (κ2) is 6.63. The first-order chi connectivity index (χ1) is 7.58. The van der Waals surface area contributed by atoms with Gasteiger partial charge in [0.05, 0.1) is 5.69 Å². The zero-order valence-corrected chi connectivity index (χ0v) is 10.9. The SMILES string of the molecule is CC(C)CNCC(C)CCc1cn(C)nn1. The third kappa shape index (κ3) is 5.26. The standard InChI is InChI=1S/C12H24N4/c1-10(2)7-13-8-11(3)5-6-12-9-16(4)15-14-12/h9-11,13H,5-8H2,1-4H3. The quantitative estimate of drug-likeness (QED) is 0.765. The number of nitrogens with zero attached hydrogens (tertiary/aromatic N) is 3. The molecule has 0 aromatic carbocycles. The molecule has 0 radical (unpaired) electrons. The van der Waals surface area contributed by atoms with Crippen LogP contribution in [0.4, 0.5) is 0 Å². The summed E-state index contributed by atoms with van der Waals surface area (Å²) >= 11 is 0. The number of nitrogens with one attached hydrogen (secondary N) is 1. The molecule has 16 heavy (non-hydrogen) atoms. The minimum Gasteiger partial charge on any atom is -0.316 e. The molecule has 1 unspecified atom stereocenters. The summed E-state index contributed by atoms with van der Waals surface area (Å²) < 4.78 is 1.76. The molecule has 0 spiro atoms. The molecule has 0 saturated carbocycles. The highest BCUT2D eigenvalue weighted by Gasteiger charge is 2.05. The molecule has 0 aliphatic rings. The van der Waals surface area contributed by atoms with Crippen molar-refractivity contribution >= 4 is 0 Å². The van der Waals surface area contributed by atoms with Crippen molar-refractivity contribution in [1.29, 1.82) is 0 Å². The van der Waals surface area contributed by atoms with E-state index < -0.39 is 0 Å². The summed E-state index contributed by atoms with van der Waals surface area (Å²) in [5.41, 5.74) is 1.10. The fourth-order valence-electron chi connectivity index (χ4n) is 1.62. The van der Waals surface area contributed by atoms with E-state index in [1.165, 1.54) is 6.42 Å². The molecular formula is C12H24N4. The van der Waals surface area contributed by atoms with Crippen molar-refractivity contribution in [1.82, 2.24) is 20.3 Å². The van der Waals surface area contributed by atoms with Crippen LogP contribution >= 0.6 is 0 Å². The number of hydrogen-bond acceptors (Lipinski definition) is 3. The van der Waals surface area contributed by atoms with Crippen LogP contribution in [0.25, 0.3) is 0 Å². The molecule has 1 aromatic heterocycles. The van der Waals surface area contributed by atoms with E-state index in [9.17, 15) is 0 Å². The molecule has 0 aliphatic heterocycles. The molecule has 92 valence electrons. The maximum atomic E-state index is 4.09. The molecular weight excluding hydrogens is 200 g/mol. The monoisotopic (exact) mass is 224 g/mol. The Kier molecular flexibility index (Phi) is 5.46. The van der Waals surface area contributed by atoms with Gasteiger partial charge in [-0.3, -0.25) is 4.68 Å². The third-order valence-corrected chi connectivity index (χ3v) is 2.59. The molecule has 4 heteroatoms. The summed E-state index contributed by atoms with van der Waals surface area (Å²) in [4.78, 5) is 0. The zero-order valence-electron chi connectivity index (χ0n) is 10.9. The molecule has 4 nitrogen and oxygen atoms in total. The van der Waals surface area contributed by atoms with Gasteiger partial charge in [0, 0.05) is 13.2 Å². The average molecular weight is 224 g/mol. The lowest BCUT2D eigenvalue weighted by atomic mass is 10.0. The third-order valence-electron chi connectivity index (χ3n) is 2.59. The lowest BCUT2D eigenvalue weighted by Gasteiger charge is -2.13. The molecule has 1 N–H and O–H groups in total. The van der Waals surface area contributed by atoms with Gasteiger partial charge in [-0.1, -0.05) is 26.0 Å². The van der Waals surface area contributed by atoms with Gasteiger partial charge < -0.3 is 5.32 Å². The van der Waals surface area contributed by atoms with Crippen LogP contribution in [0.2, 0.25) is 0 Å². The fraction of sp³-hybridized carbons (Fsp3) is 0.833. The van der Waals surface area contributed by atoms with Gasteiger partial charge in [-0.05, 0) is 37.8 Å². The maximum absolute atomic E-state index is 4.09. The predicted octanol–water partition coefficient (Wildman–Crippen LogP) is 1.63. The highest BCUT2D eigenvalue weighted by Crippen LogP contribution is 2.06. The van der Waals surface area contributed by atoms with Gasteiger partial charge in [-0.15, -0.1) is 5.10 Å². The largest absolute Gasteiger partial charge is 0.316 e. The van der Waals surface area contributed by atoms with E-state index in [-0.39, 0.29) is 0 Å². The smallest absolute Gasteiger partial charge is 0.0827 e. The van der Waals surface area contributed by atoms with E-state index >= 15 is 0 Å². The van der Waals surface area contributed by atoms with E-state index in [0.29, 0.717) is 5.92 Å². The van der Waals surface area contributed by atoms with E-state index in [0.717, 1.165) is 31.1 Å². The van der Waals surface area contributed by atoms with Gasteiger partial charge in [-0.25, -0.2) is 0 Å². The van der Waals surface area contributed by atoms with Crippen LogP contribution in [0, 0.1) is 11.8 Å². The first kappa shape index (κ1) is 13.2. The lowest BCUT2D eigenvalue weighted by molar-refractivity contribution is 0.452. The van der Waals surface area contributed by atoms with E-state index in [1.807, 2.05) is 13.2 Å². The maximum Gasteiger partial charge on any atom is 0.0827 e. The Morgan fingerprint density at radius 2 is 2.06 bits per heavy atom. The lowest BCUT2D eigenvalue weighted by Crippen LogP contribution is -2.25. The summed E-state index contributed by atoms with van der Waals surface area (Å²) in [5.74, 6) is 1.42. The van der Waals surface area contributed by atoms with Crippen LogP contribution < -0.4 is 5.32 Å². The van der Waals surface area contributed by atoms with Crippen LogP contribution in [0.5, 0.6) is 0 Å². The van der Waals surface area contributed by atoms with Crippen LogP contribution in [-0.4, -0.2) is 28.1 Å². The van der Waals surface area contributed by atoms with Crippen molar-refractivity contribution in [3.63, 3.8) is 0 Å².